The van der Waals surface area contributed by atoms with E-state index in [2.05, 4.69) is 15.5 Å². The monoisotopic (exact) mass is 411 g/mol. The van der Waals surface area contributed by atoms with E-state index in [0.29, 0.717) is 17.1 Å². The average molecular weight is 411 g/mol. The van der Waals surface area contributed by atoms with Gasteiger partial charge in [-0.05, 0) is 43.3 Å². The summed E-state index contributed by atoms with van der Waals surface area (Å²) in [5, 5.41) is 15.5. The van der Waals surface area contributed by atoms with E-state index in [-0.39, 0.29) is 23.9 Å². The molecule has 1 N–H and O–H groups in total. The van der Waals surface area contributed by atoms with Gasteiger partial charge in [0.25, 0.3) is 11.4 Å². The van der Waals surface area contributed by atoms with Crippen LogP contribution in [0.5, 0.6) is 0 Å². The normalized spacial score (nSPS) is 10.5. The van der Waals surface area contributed by atoms with Crippen LogP contribution in [0.4, 0.5) is 5.69 Å². The van der Waals surface area contributed by atoms with Crippen molar-refractivity contribution in [2.24, 2.45) is 0 Å². The van der Waals surface area contributed by atoms with Gasteiger partial charge in [0.2, 0.25) is 11.7 Å². The number of benzene rings is 2. The van der Waals surface area contributed by atoms with Gasteiger partial charge in [0.05, 0.1) is 11.6 Å². The van der Waals surface area contributed by atoms with Crippen LogP contribution in [0, 0.1) is 18.3 Å². The highest BCUT2D eigenvalue weighted by molar-refractivity contribution is 5.90. The minimum Gasteiger partial charge on any atom is -0.333 e. The van der Waals surface area contributed by atoms with Crippen LogP contribution in [0.2, 0.25) is 0 Å². The molecule has 0 bridgehead atoms. The first-order valence-corrected chi connectivity index (χ1v) is 9.44. The molecule has 2 heterocycles. The molecule has 0 saturated carbocycles. The van der Waals surface area contributed by atoms with Crippen molar-refractivity contribution in [1.82, 2.24) is 14.7 Å². The summed E-state index contributed by atoms with van der Waals surface area (Å²) in [7, 11) is 0. The number of aryl methyl sites for hydroxylation is 1. The Bertz CT molecular complexity index is 1330. The van der Waals surface area contributed by atoms with Crippen molar-refractivity contribution >= 4 is 11.6 Å². The Labute approximate surface area is 177 Å². The second-order valence-corrected chi connectivity index (χ2v) is 6.88. The first-order chi connectivity index (χ1) is 15.0. The van der Waals surface area contributed by atoms with Crippen LogP contribution in [0.25, 0.3) is 22.8 Å². The maximum atomic E-state index is 12.9. The standard InChI is InChI=1S/C23H17N5O3/c1-15-4-8-17(9-5-15)21-26-22(31-27-21)19-3-2-12-28(23(19)30)14-20(29)25-18-10-6-16(13-24)7-11-18/h2-12H,14H2,1H3,(H,25,29). The number of pyridine rings is 1. The van der Waals surface area contributed by atoms with Crippen LogP contribution in [0.15, 0.2) is 76.2 Å². The summed E-state index contributed by atoms with van der Waals surface area (Å²) in [6, 6.07) is 19.3. The number of anilines is 1. The van der Waals surface area contributed by atoms with Gasteiger partial charge in [-0.2, -0.15) is 10.2 Å². The molecule has 2 aromatic carbocycles. The predicted octanol–water partition coefficient (Wildman–Crippen LogP) is 3.38. The lowest BCUT2D eigenvalue weighted by Gasteiger charge is -2.08. The van der Waals surface area contributed by atoms with Crippen LogP contribution < -0.4 is 10.9 Å². The molecule has 8 nitrogen and oxygen atoms in total. The molecule has 0 fully saturated rings. The highest BCUT2D eigenvalue weighted by Gasteiger charge is 2.16. The number of rotatable bonds is 5. The number of nitriles is 1. The second kappa shape index (κ2) is 8.47. The Balaban J connectivity index is 1.53. The molecule has 4 aromatic rings. The van der Waals surface area contributed by atoms with E-state index >= 15 is 0 Å². The Morgan fingerprint density at radius 3 is 2.58 bits per heavy atom. The van der Waals surface area contributed by atoms with E-state index < -0.39 is 5.56 Å². The van der Waals surface area contributed by atoms with Gasteiger partial charge >= 0.3 is 0 Å². The Hall–Kier alpha value is -4.51. The minimum absolute atomic E-state index is 0.0856. The number of nitrogens with zero attached hydrogens (tertiary/aromatic N) is 4. The first-order valence-electron chi connectivity index (χ1n) is 9.44. The zero-order chi connectivity index (χ0) is 21.8. The van der Waals surface area contributed by atoms with Gasteiger partial charge in [0.15, 0.2) is 0 Å². The molecular formula is C23H17N5O3. The highest BCUT2D eigenvalue weighted by atomic mass is 16.5. The molecule has 8 heteroatoms. The van der Waals surface area contributed by atoms with Crippen molar-refractivity contribution in [2.45, 2.75) is 13.5 Å². The first kappa shape index (κ1) is 19.8. The fourth-order valence-electron chi connectivity index (χ4n) is 2.96. The van der Waals surface area contributed by atoms with E-state index in [0.717, 1.165) is 11.1 Å². The second-order valence-electron chi connectivity index (χ2n) is 6.88. The van der Waals surface area contributed by atoms with E-state index in [1.54, 1.807) is 36.4 Å². The summed E-state index contributed by atoms with van der Waals surface area (Å²) < 4.78 is 6.56. The molecule has 0 unspecified atom stereocenters. The molecule has 0 spiro atoms. The summed E-state index contributed by atoms with van der Waals surface area (Å²) in [6.45, 7) is 1.79. The van der Waals surface area contributed by atoms with Crippen molar-refractivity contribution in [3.63, 3.8) is 0 Å². The molecule has 1 amide bonds. The molecule has 31 heavy (non-hydrogen) atoms. The number of carbonyl (C=O) groups is 1. The van der Waals surface area contributed by atoms with E-state index in [1.165, 1.54) is 10.8 Å². The molecule has 0 atom stereocenters. The van der Waals surface area contributed by atoms with E-state index in [1.807, 2.05) is 37.3 Å². The van der Waals surface area contributed by atoms with Gasteiger partial charge < -0.3 is 14.4 Å². The fourth-order valence-corrected chi connectivity index (χ4v) is 2.96. The molecule has 0 aliphatic heterocycles. The summed E-state index contributed by atoms with van der Waals surface area (Å²) in [5.74, 6) is 0.0839. The average Bonchev–Trinajstić information content (AvgIpc) is 3.26. The summed E-state index contributed by atoms with van der Waals surface area (Å²) in [6.07, 6.45) is 1.52. The van der Waals surface area contributed by atoms with Crippen molar-refractivity contribution in [2.75, 3.05) is 5.32 Å². The lowest BCUT2D eigenvalue weighted by molar-refractivity contribution is -0.116. The lowest BCUT2D eigenvalue weighted by Crippen LogP contribution is -2.28. The third kappa shape index (κ3) is 4.41. The summed E-state index contributed by atoms with van der Waals surface area (Å²) in [4.78, 5) is 29.5. The molecule has 0 saturated heterocycles. The number of aromatic nitrogens is 3. The van der Waals surface area contributed by atoms with Crippen molar-refractivity contribution in [3.05, 3.63) is 88.3 Å². The Morgan fingerprint density at radius 1 is 1.13 bits per heavy atom. The van der Waals surface area contributed by atoms with Crippen molar-refractivity contribution < 1.29 is 9.32 Å². The van der Waals surface area contributed by atoms with Gasteiger partial charge in [0.1, 0.15) is 12.1 Å². The molecule has 0 aliphatic carbocycles. The van der Waals surface area contributed by atoms with Crippen molar-refractivity contribution in [3.8, 4) is 28.9 Å². The third-order valence-electron chi connectivity index (χ3n) is 4.60. The zero-order valence-electron chi connectivity index (χ0n) is 16.6. The van der Waals surface area contributed by atoms with Crippen molar-refractivity contribution in [1.29, 1.82) is 5.26 Å². The fraction of sp³-hybridized carbons (Fsp3) is 0.0870. The van der Waals surface area contributed by atoms with Gasteiger partial charge in [-0.1, -0.05) is 35.0 Å². The molecule has 2 aromatic heterocycles. The van der Waals surface area contributed by atoms with Crippen LogP contribution in [-0.2, 0) is 11.3 Å². The Morgan fingerprint density at radius 2 is 1.87 bits per heavy atom. The summed E-state index contributed by atoms with van der Waals surface area (Å²) in [5.41, 5.74) is 2.70. The van der Waals surface area contributed by atoms with Crippen LogP contribution in [0.1, 0.15) is 11.1 Å². The topological polar surface area (TPSA) is 114 Å². The molecule has 0 radical (unpaired) electrons. The van der Waals surface area contributed by atoms with Crippen LogP contribution >= 0.6 is 0 Å². The molecule has 4 rings (SSSR count). The molecule has 0 aliphatic rings. The van der Waals surface area contributed by atoms with Gasteiger partial charge in [-0.25, -0.2) is 0 Å². The predicted molar refractivity (Wildman–Crippen MR) is 114 cm³/mol. The SMILES string of the molecule is Cc1ccc(-c2noc(-c3cccn(CC(=O)Nc4ccc(C#N)cc4)c3=O)n2)cc1. The number of hydrogen-bond acceptors (Lipinski definition) is 6. The number of carbonyl (C=O) groups excluding carboxylic acids is 1. The molecular weight excluding hydrogens is 394 g/mol. The minimum atomic E-state index is -0.420. The maximum Gasteiger partial charge on any atom is 0.263 e. The van der Waals surface area contributed by atoms with E-state index in [9.17, 15) is 9.59 Å². The Kier molecular flexibility index (Phi) is 5.41. The number of nitrogens with one attached hydrogen (secondary N) is 1. The number of amides is 1. The quantitative estimate of drug-likeness (QED) is 0.538. The van der Waals surface area contributed by atoms with Gasteiger partial charge in [-0.3, -0.25) is 9.59 Å². The van der Waals surface area contributed by atoms with Gasteiger partial charge in [-0.15, -0.1) is 0 Å². The van der Waals surface area contributed by atoms with Crippen LogP contribution in [0.3, 0.4) is 0 Å². The number of hydrogen-bond donors (Lipinski definition) is 1. The van der Waals surface area contributed by atoms with E-state index in [4.69, 9.17) is 9.78 Å². The third-order valence-corrected chi connectivity index (χ3v) is 4.60. The smallest absolute Gasteiger partial charge is 0.263 e. The highest BCUT2D eigenvalue weighted by Crippen LogP contribution is 2.20. The zero-order valence-corrected chi connectivity index (χ0v) is 16.6. The molecule has 152 valence electrons. The largest absolute Gasteiger partial charge is 0.333 e. The maximum absolute atomic E-state index is 12.9. The lowest BCUT2D eigenvalue weighted by atomic mass is 10.1. The van der Waals surface area contributed by atoms with Gasteiger partial charge in [0, 0.05) is 17.4 Å². The van der Waals surface area contributed by atoms with Crippen LogP contribution in [-0.4, -0.2) is 20.6 Å². The summed E-state index contributed by atoms with van der Waals surface area (Å²) >= 11 is 0.